The number of aromatic nitrogens is 3. The van der Waals surface area contributed by atoms with Crippen molar-refractivity contribution in [2.24, 2.45) is 0 Å². The van der Waals surface area contributed by atoms with Crippen LogP contribution in [0.4, 0.5) is 0 Å². The van der Waals surface area contributed by atoms with Gasteiger partial charge in [-0.05, 0) is 54.7 Å². The molecule has 1 saturated heterocycles. The van der Waals surface area contributed by atoms with E-state index in [0.717, 1.165) is 24.0 Å². The van der Waals surface area contributed by atoms with Gasteiger partial charge in [-0.3, -0.25) is 14.6 Å². The molecule has 3 aromatic rings. The molecule has 158 valence electrons. The Morgan fingerprint density at radius 3 is 2.71 bits per heavy atom. The highest BCUT2D eigenvalue weighted by molar-refractivity contribution is 6.30. The van der Waals surface area contributed by atoms with Crippen molar-refractivity contribution in [2.45, 2.75) is 24.8 Å². The molecular formula is C23H21ClN4O3. The molecular weight excluding hydrogens is 416 g/mol. The SMILES string of the molecule is COc1cc(Cl)ccc1-c1ccc(=O)n(C2CN(C(=O)c3ncccc3C3CC3)C2)n1. The van der Waals surface area contributed by atoms with Crippen LogP contribution in [0.5, 0.6) is 5.75 Å². The standard InChI is InChI=1S/C23H21ClN4O3/c1-31-20-11-15(24)6-7-18(20)19-8-9-21(29)28(26-19)16-12-27(13-16)23(30)22-17(14-4-5-14)3-2-10-25-22/h2-3,6-11,14,16H,4-5,12-13H2,1H3. The van der Waals surface area contributed by atoms with Crippen LogP contribution in [-0.4, -0.2) is 45.8 Å². The lowest BCUT2D eigenvalue weighted by atomic mass is 10.0. The fourth-order valence-electron chi connectivity index (χ4n) is 3.95. The first-order valence-corrected chi connectivity index (χ1v) is 10.6. The summed E-state index contributed by atoms with van der Waals surface area (Å²) in [4.78, 5) is 31.5. The number of methoxy groups -OCH3 is 1. The van der Waals surface area contributed by atoms with Crippen LogP contribution in [0.3, 0.4) is 0 Å². The van der Waals surface area contributed by atoms with E-state index < -0.39 is 0 Å². The zero-order chi connectivity index (χ0) is 21.5. The summed E-state index contributed by atoms with van der Waals surface area (Å²) in [6, 6.07) is 12.1. The molecule has 1 aliphatic carbocycles. The van der Waals surface area contributed by atoms with Crippen molar-refractivity contribution in [3.63, 3.8) is 0 Å². The lowest BCUT2D eigenvalue weighted by molar-refractivity contribution is 0.0486. The van der Waals surface area contributed by atoms with E-state index in [9.17, 15) is 9.59 Å². The molecule has 2 aromatic heterocycles. The van der Waals surface area contributed by atoms with Gasteiger partial charge in [0, 0.05) is 35.9 Å². The summed E-state index contributed by atoms with van der Waals surface area (Å²) < 4.78 is 6.86. The van der Waals surface area contributed by atoms with Crippen LogP contribution in [0.2, 0.25) is 5.02 Å². The molecule has 8 heteroatoms. The highest BCUT2D eigenvalue weighted by Gasteiger charge is 2.37. The summed E-state index contributed by atoms with van der Waals surface area (Å²) in [7, 11) is 1.56. The maximum absolute atomic E-state index is 13.0. The van der Waals surface area contributed by atoms with Gasteiger partial charge in [0.25, 0.3) is 11.5 Å². The average molecular weight is 437 g/mol. The average Bonchev–Trinajstić information content (AvgIpc) is 3.59. The van der Waals surface area contributed by atoms with E-state index in [1.54, 1.807) is 36.4 Å². The van der Waals surface area contributed by atoms with Gasteiger partial charge in [0.2, 0.25) is 0 Å². The third kappa shape index (κ3) is 3.70. The lowest BCUT2D eigenvalue weighted by Crippen LogP contribution is -2.53. The van der Waals surface area contributed by atoms with E-state index in [0.29, 0.717) is 41.2 Å². The molecule has 0 N–H and O–H groups in total. The highest BCUT2D eigenvalue weighted by atomic mass is 35.5. The minimum absolute atomic E-state index is 0.0812. The van der Waals surface area contributed by atoms with E-state index in [2.05, 4.69) is 10.1 Å². The molecule has 0 spiro atoms. The maximum atomic E-state index is 13.0. The number of pyridine rings is 1. The monoisotopic (exact) mass is 436 g/mol. The molecule has 0 bridgehead atoms. The highest BCUT2D eigenvalue weighted by Crippen LogP contribution is 2.41. The van der Waals surface area contributed by atoms with Crippen molar-refractivity contribution in [1.82, 2.24) is 19.7 Å². The van der Waals surface area contributed by atoms with Crippen molar-refractivity contribution in [2.75, 3.05) is 20.2 Å². The molecule has 1 aliphatic heterocycles. The van der Waals surface area contributed by atoms with Crippen LogP contribution in [0, 0.1) is 0 Å². The quantitative estimate of drug-likeness (QED) is 0.611. The van der Waals surface area contributed by atoms with Gasteiger partial charge in [0.15, 0.2) is 0 Å². The first kappa shape index (κ1) is 19.8. The Kier molecular flexibility index (Phi) is 4.98. The predicted octanol–water partition coefficient (Wildman–Crippen LogP) is 3.54. The predicted molar refractivity (Wildman–Crippen MR) is 117 cm³/mol. The summed E-state index contributed by atoms with van der Waals surface area (Å²) in [5.74, 6) is 0.945. The number of carbonyl (C=O) groups excluding carboxylic acids is 1. The van der Waals surface area contributed by atoms with Crippen molar-refractivity contribution in [3.8, 4) is 17.0 Å². The van der Waals surface area contributed by atoms with Crippen molar-refractivity contribution in [3.05, 3.63) is 75.3 Å². The minimum atomic E-state index is -0.203. The summed E-state index contributed by atoms with van der Waals surface area (Å²) in [5.41, 5.74) is 2.71. The Morgan fingerprint density at radius 1 is 1.16 bits per heavy atom. The Bertz CT molecular complexity index is 1220. The van der Waals surface area contributed by atoms with Gasteiger partial charge in [-0.25, -0.2) is 4.68 Å². The first-order valence-electron chi connectivity index (χ1n) is 10.2. The number of halogens is 1. The van der Waals surface area contributed by atoms with E-state index in [1.807, 2.05) is 18.2 Å². The van der Waals surface area contributed by atoms with Crippen molar-refractivity contribution < 1.29 is 9.53 Å². The summed E-state index contributed by atoms with van der Waals surface area (Å²) >= 11 is 6.05. The topological polar surface area (TPSA) is 77.3 Å². The van der Waals surface area contributed by atoms with Gasteiger partial charge in [-0.1, -0.05) is 17.7 Å². The molecule has 0 radical (unpaired) electrons. The zero-order valence-electron chi connectivity index (χ0n) is 17.0. The number of nitrogens with zero attached hydrogens (tertiary/aromatic N) is 4. The molecule has 0 unspecified atom stereocenters. The molecule has 2 aliphatic rings. The number of hydrogen-bond acceptors (Lipinski definition) is 5. The molecule has 1 aromatic carbocycles. The van der Waals surface area contributed by atoms with Gasteiger partial charge < -0.3 is 9.64 Å². The molecule has 2 fully saturated rings. The molecule has 3 heterocycles. The largest absolute Gasteiger partial charge is 0.496 e. The summed E-state index contributed by atoms with van der Waals surface area (Å²) in [6.45, 7) is 0.848. The molecule has 1 saturated carbocycles. The molecule has 7 nitrogen and oxygen atoms in total. The third-order valence-electron chi connectivity index (χ3n) is 5.82. The van der Waals surface area contributed by atoms with E-state index >= 15 is 0 Å². The second-order valence-corrected chi connectivity index (χ2v) is 8.36. The Labute approximate surface area is 184 Å². The van der Waals surface area contributed by atoms with Crippen LogP contribution in [0.15, 0.2) is 53.5 Å². The number of carbonyl (C=O) groups is 1. The minimum Gasteiger partial charge on any atom is -0.496 e. The molecule has 5 rings (SSSR count). The smallest absolute Gasteiger partial charge is 0.272 e. The Balaban J connectivity index is 1.37. The number of amides is 1. The number of likely N-dealkylation sites (tertiary alicyclic amines) is 1. The Hall–Kier alpha value is -3.19. The lowest BCUT2D eigenvalue weighted by Gasteiger charge is -2.39. The number of hydrogen-bond donors (Lipinski definition) is 0. The van der Waals surface area contributed by atoms with Gasteiger partial charge in [0.1, 0.15) is 11.4 Å². The van der Waals surface area contributed by atoms with E-state index in [4.69, 9.17) is 16.3 Å². The van der Waals surface area contributed by atoms with Gasteiger partial charge >= 0.3 is 0 Å². The van der Waals surface area contributed by atoms with Gasteiger partial charge in [0.05, 0.1) is 18.8 Å². The number of ether oxygens (including phenoxy) is 1. The van der Waals surface area contributed by atoms with Crippen molar-refractivity contribution >= 4 is 17.5 Å². The van der Waals surface area contributed by atoms with E-state index in [1.165, 1.54) is 10.7 Å². The number of benzene rings is 1. The maximum Gasteiger partial charge on any atom is 0.272 e. The van der Waals surface area contributed by atoms with Gasteiger partial charge in [-0.15, -0.1) is 0 Å². The zero-order valence-corrected chi connectivity index (χ0v) is 17.7. The fraction of sp³-hybridized carbons (Fsp3) is 0.304. The second-order valence-electron chi connectivity index (χ2n) is 7.93. The molecule has 0 atom stereocenters. The summed E-state index contributed by atoms with van der Waals surface area (Å²) in [5, 5.41) is 5.11. The van der Waals surface area contributed by atoms with Crippen LogP contribution in [-0.2, 0) is 0 Å². The first-order chi connectivity index (χ1) is 15.0. The molecule has 1 amide bonds. The van der Waals surface area contributed by atoms with Crippen LogP contribution in [0.1, 0.15) is 40.9 Å². The molecule has 31 heavy (non-hydrogen) atoms. The van der Waals surface area contributed by atoms with Crippen molar-refractivity contribution in [1.29, 1.82) is 0 Å². The Morgan fingerprint density at radius 2 is 1.97 bits per heavy atom. The fourth-order valence-corrected chi connectivity index (χ4v) is 4.12. The van der Waals surface area contributed by atoms with Gasteiger partial charge in [-0.2, -0.15) is 5.10 Å². The van der Waals surface area contributed by atoms with E-state index in [-0.39, 0.29) is 17.5 Å². The normalized spacial score (nSPS) is 16.1. The summed E-state index contributed by atoms with van der Waals surface area (Å²) in [6.07, 6.45) is 3.87. The number of rotatable bonds is 5. The second kappa shape index (κ2) is 7.81. The van der Waals surface area contributed by atoms with Crippen LogP contribution < -0.4 is 10.3 Å². The van der Waals surface area contributed by atoms with Crippen LogP contribution >= 0.6 is 11.6 Å². The third-order valence-corrected chi connectivity index (χ3v) is 6.05. The van der Waals surface area contributed by atoms with Crippen LogP contribution in [0.25, 0.3) is 11.3 Å².